The molecule has 0 saturated carbocycles. The van der Waals surface area contributed by atoms with E-state index in [1.54, 1.807) is 19.0 Å². The van der Waals surface area contributed by atoms with Crippen molar-refractivity contribution < 1.29 is 14.3 Å². The van der Waals surface area contributed by atoms with E-state index in [9.17, 15) is 9.59 Å². The Morgan fingerprint density at radius 3 is 2.50 bits per heavy atom. The van der Waals surface area contributed by atoms with Crippen molar-refractivity contribution in [2.24, 2.45) is 11.1 Å². The molecule has 0 aromatic rings. The quantitative estimate of drug-likeness (QED) is 0.684. The van der Waals surface area contributed by atoms with Crippen LogP contribution in [-0.2, 0) is 14.3 Å². The summed E-state index contributed by atoms with van der Waals surface area (Å²) < 4.78 is 5.28. The van der Waals surface area contributed by atoms with E-state index in [1.165, 1.54) is 0 Å². The highest BCUT2D eigenvalue weighted by atomic mass is 16.5. The van der Waals surface area contributed by atoms with Crippen molar-refractivity contribution in [3.8, 4) is 0 Å². The second-order valence-corrected chi connectivity index (χ2v) is 4.75. The molecule has 6 nitrogen and oxygen atoms in total. The van der Waals surface area contributed by atoms with Gasteiger partial charge in [-0.1, -0.05) is 0 Å². The Kier molecular flexibility index (Phi) is 5.55. The molecular formula is C12H23N3O3. The van der Waals surface area contributed by atoms with Crippen LogP contribution in [0.25, 0.3) is 0 Å². The third kappa shape index (κ3) is 3.43. The first kappa shape index (κ1) is 14.9. The van der Waals surface area contributed by atoms with Crippen LogP contribution in [0.4, 0.5) is 0 Å². The van der Waals surface area contributed by atoms with Gasteiger partial charge >= 0.3 is 0 Å². The van der Waals surface area contributed by atoms with Gasteiger partial charge in [0.1, 0.15) is 0 Å². The first-order valence-corrected chi connectivity index (χ1v) is 6.30. The largest absolute Gasteiger partial charge is 0.381 e. The summed E-state index contributed by atoms with van der Waals surface area (Å²) in [4.78, 5) is 25.2. The molecule has 104 valence electrons. The molecule has 2 amide bonds. The van der Waals surface area contributed by atoms with Crippen molar-refractivity contribution in [1.29, 1.82) is 0 Å². The van der Waals surface area contributed by atoms with Crippen molar-refractivity contribution in [3.05, 3.63) is 0 Å². The minimum atomic E-state index is -0.504. The Balaban J connectivity index is 2.57. The van der Waals surface area contributed by atoms with Crippen LogP contribution in [-0.4, -0.2) is 57.1 Å². The smallest absolute Gasteiger partial charge is 0.229 e. The van der Waals surface area contributed by atoms with Gasteiger partial charge < -0.3 is 20.7 Å². The average molecular weight is 257 g/mol. The zero-order chi connectivity index (χ0) is 13.6. The number of nitrogens with one attached hydrogen (secondary N) is 1. The zero-order valence-corrected chi connectivity index (χ0v) is 11.2. The summed E-state index contributed by atoms with van der Waals surface area (Å²) in [6, 6.07) is 0. The number of carbonyl (C=O) groups excluding carboxylic acids is 2. The Labute approximate surface area is 108 Å². The normalized spacial score (nSPS) is 18.2. The van der Waals surface area contributed by atoms with E-state index in [0.717, 1.165) is 0 Å². The number of carbonyl (C=O) groups is 2. The lowest BCUT2D eigenvalue weighted by Gasteiger charge is -2.37. The van der Waals surface area contributed by atoms with Crippen molar-refractivity contribution in [2.75, 3.05) is 40.4 Å². The van der Waals surface area contributed by atoms with Crippen LogP contribution < -0.4 is 11.1 Å². The molecule has 3 N–H and O–H groups in total. The maximum absolute atomic E-state index is 12.4. The zero-order valence-electron chi connectivity index (χ0n) is 11.2. The maximum atomic E-state index is 12.4. The van der Waals surface area contributed by atoms with E-state index in [0.29, 0.717) is 45.6 Å². The van der Waals surface area contributed by atoms with Crippen molar-refractivity contribution in [3.63, 3.8) is 0 Å². The molecule has 0 aromatic heterocycles. The van der Waals surface area contributed by atoms with Gasteiger partial charge in [-0.2, -0.15) is 0 Å². The fourth-order valence-electron chi connectivity index (χ4n) is 2.17. The molecule has 0 spiro atoms. The highest BCUT2D eigenvalue weighted by Crippen LogP contribution is 2.31. The average Bonchev–Trinajstić information content (AvgIpc) is 2.44. The maximum Gasteiger partial charge on any atom is 0.229 e. The number of amides is 2. The molecular weight excluding hydrogens is 234 g/mol. The van der Waals surface area contributed by atoms with Gasteiger partial charge in [-0.3, -0.25) is 9.59 Å². The van der Waals surface area contributed by atoms with Gasteiger partial charge in [-0.15, -0.1) is 0 Å². The van der Waals surface area contributed by atoms with E-state index >= 15 is 0 Å². The summed E-state index contributed by atoms with van der Waals surface area (Å²) in [5.41, 5.74) is 5.27. The lowest BCUT2D eigenvalue weighted by atomic mass is 9.79. The molecule has 0 unspecified atom stereocenters. The fourth-order valence-corrected chi connectivity index (χ4v) is 2.17. The Morgan fingerprint density at radius 2 is 2.00 bits per heavy atom. The number of nitrogens with zero attached hydrogens (tertiary/aromatic N) is 1. The minimum absolute atomic E-state index is 0.0252. The SMILES string of the molecule is CNC(=O)CCN(C)C(=O)C1(CN)CCOCC1. The number of ether oxygens (including phenoxy) is 1. The third-order valence-electron chi connectivity index (χ3n) is 3.59. The molecule has 1 fully saturated rings. The molecule has 1 rings (SSSR count). The lowest BCUT2D eigenvalue weighted by molar-refractivity contribution is -0.146. The standard InChI is InChI=1S/C12H23N3O3/c1-14-10(16)3-6-15(2)11(17)12(9-13)4-7-18-8-5-12/h3-9,13H2,1-2H3,(H,14,16). The molecule has 1 aliphatic heterocycles. The highest BCUT2D eigenvalue weighted by Gasteiger charge is 2.40. The Hall–Kier alpha value is -1.14. The van der Waals surface area contributed by atoms with Crippen molar-refractivity contribution in [2.45, 2.75) is 19.3 Å². The molecule has 1 aliphatic rings. The topological polar surface area (TPSA) is 84.7 Å². The van der Waals surface area contributed by atoms with Crippen LogP contribution in [0.1, 0.15) is 19.3 Å². The van der Waals surface area contributed by atoms with Gasteiger partial charge in [0.05, 0.1) is 5.41 Å². The van der Waals surface area contributed by atoms with Crippen LogP contribution in [0.15, 0.2) is 0 Å². The van der Waals surface area contributed by atoms with Gasteiger partial charge in [0.15, 0.2) is 0 Å². The van der Waals surface area contributed by atoms with Gasteiger partial charge in [0.25, 0.3) is 0 Å². The van der Waals surface area contributed by atoms with Crippen LogP contribution in [0.3, 0.4) is 0 Å². The predicted molar refractivity (Wildman–Crippen MR) is 67.9 cm³/mol. The summed E-state index contributed by atoms with van der Waals surface area (Å²) in [6.45, 7) is 1.90. The fraction of sp³-hybridized carbons (Fsp3) is 0.833. The van der Waals surface area contributed by atoms with E-state index in [1.807, 2.05) is 0 Å². The summed E-state index contributed by atoms with van der Waals surface area (Å²) in [6.07, 6.45) is 1.63. The van der Waals surface area contributed by atoms with Crippen molar-refractivity contribution >= 4 is 11.8 Å². The first-order chi connectivity index (χ1) is 8.55. The van der Waals surface area contributed by atoms with E-state index in [4.69, 9.17) is 10.5 Å². The molecule has 18 heavy (non-hydrogen) atoms. The molecule has 1 saturated heterocycles. The van der Waals surface area contributed by atoms with Gasteiger partial charge in [0.2, 0.25) is 11.8 Å². The molecule has 1 heterocycles. The number of rotatable bonds is 5. The summed E-state index contributed by atoms with van der Waals surface area (Å²) in [5, 5.41) is 2.54. The Morgan fingerprint density at radius 1 is 1.39 bits per heavy atom. The monoisotopic (exact) mass is 257 g/mol. The molecule has 0 aliphatic carbocycles. The van der Waals surface area contributed by atoms with Crippen molar-refractivity contribution in [1.82, 2.24) is 10.2 Å². The first-order valence-electron chi connectivity index (χ1n) is 6.30. The number of hydrogen-bond acceptors (Lipinski definition) is 4. The highest BCUT2D eigenvalue weighted by molar-refractivity contribution is 5.83. The van der Waals surface area contributed by atoms with E-state index in [-0.39, 0.29) is 11.8 Å². The second kappa shape index (κ2) is 6.70. The minimum Gasteiger partial charge on any atom is -0.381 e. The molecule has 0 bridgehead atoms. The van der Waals surface area contributed by atoms with Crippen LogP contribution in [0.5, 0.6) is 0 Å². The third-order valence-corrected chi connectivity index (χ3v) is 3.59. The van der Waals surface area contributed by atoms with Gasteiger partial charge in [-0.05, 0) is 12.8 Å². The summed E-state index contributed by atoms with van der Waals surface area (Å²) in [5.74, 6) is -0.0411. The molecule has 0 aromatic carbocycles. The lowest BCUT2D eigenvalue weighted by Crippen LogP contribution is -2.50. The second-order valence-electron chi connectivity index (χ2n) is 4.75. The number of hydrogen-bond donors (Lipinski definition) is 2. The van der Waals surface area contributed by atoms with Crippen LogP contribution >= 0.6 is 0 Å². The summed E-state index contributed by atoms with van der Waals surface area (Å²) in [7, 11) is 3.31. The number of nitrogens with two attached hydrogens (primary N) is 1. The van der Waals surface area contributed by atoms with E-state index in [2.05, 4.69) is 5.32 Å². The predicted octanol–water partition coefficient (Wildman–Crippen LogP) is -0.664. The molecule has 6 heteroatoms. The Bertz CT molecular complexity index is 301. The molecule has 0 radical (unpaired) electrons. The van der Waals surface area contributed by atoms with E-state index < -0.39 is 5.41 Å². The van der Waals surface area contributed by atoms with Gasteiger partial charge in [0, 0.05) is 46.8 Å². The van der Waals surface area contributed by atoms with Gasteiger partial charge in [-0.25, -0.2) is 0 Å². The summed E-state index contributed by atoms with van der Waals surface area (Å²) >= 11 is 0. The van der Waals surface area contributed by atoms with Crippen LogP contribution in [0, 0.1) is 5.41 Å². The molecule has 0 atom stereocenters. The van der Waals surface area contributed by atoms with Crippen LogP contribution in [0.2, 0.25) is 0 Å².